The summed E-state index contributed by atoms with van der Waals surface area (Å²) in [5.41, 5.74) is 3.76. The smallest absolute Gasteiger partial charge is 0.133 e. The number of hydrogen-bond donors (Lipinski definition) is 1. The van der Waals surface area contributed by atoms with Crippen LogP contribution in [0.4, 0.5) is 0 Å². The fourth-order valence-electron chi connectivity index (χ4n) is 1.73. The first-order valence-corrected chi connectivity index (χ1v) is 5.48. The van der Waals surface area contributed by atoms with Crippen molar-refractivity contribution in [1.29, 1.82) is 0 Å². The highest BCUT2D eigenvalue weighted by molar-refractivity contribution is 5.51. The molecule has 0 spiro atoms. The maximum Gasteiger partial charge on any atom is 0.133 e. The van der Waals surface area contributed by atoms with E-state index in [0.717, 1.165) is 25.0 Å². The van der Waals surface area contributed by atoms with E-state index in [4.69, 9.17) is 4.74 Å². The van der Waals surface area contributed by atoms with Gasteiger partial charge in [-0.2, -0.15) is 0 Å². The SMILES string of the molecule is COc1ccc(CCNCC=O)c(C)c1C. The van der Waals surface area contributed by atoms with Crippen molar-refractivity contribution in [3.63, 3.8) is 0 Å². The molecule has 0 heterocycles. The van der Waals surface area contributed by atoms with E-state index in [0.29, 0.717) is 6.54 Å². The molecule has 1 aromatic rings. The minimum Gasteiger partial charge on any atom is -0.496 e. The number of nitrogens with one attached hydrogen (secondary N) is 1. The second kappa shape index (κ2) is 6.28. The van der Waals surface area contributed by atoms with Crippen LogP contribution in [-0.2, 0) is 11.2 Å². The van der Waals surface area contributed by atoms with Crippen LogP contribution >= 0.6 is 0 Å². The third-order valence-electron chi connectivity index (χ3n) is 2.87. The van der Waals surface area contributed by atoms with Gasteiger partial charge in [-0.25, -0.2) is 0 Å². The van der Waals surface area contributed by atoms with Crippen molar-refractivity contribution in [3.8, 4) is 5.75 Å². The lowest BCUT2D eigenvalue weighted by atomic mass is 10.00. The van der Waals surface area contributed by atoms with Gasteiger partial charge in [0, 0.05) is 0 Å². The number of rotatable bonds is 6. The Bertz CT molecular complexity index is 361. The van der Waals surface area contributed by atoms with Gasteiger partial charge in [0.25, 0.3) is 0 Å². The van der Waals surface area contributed by atoms with Crippen molar-refractivity contribution in [2.45, 2.75) is 20.3 Å². The Balaban J connectivity index is 2.67. The Labute approximate surface area is 96.8 Å². The van der Waals surface area contributed by atoms with E-state index in [1.54, 1.807) is 7.11 Å². The summed E-state index contributed by atoms with van der Waals surface area (Å²) in [4.78, 5) is 10.1. The third-order valence-corrected chi connectivity index (χ3v) is 2.87. The van der Waals surface area contributed by atoms with Gasteiger partial charge in [0.1, 0.15) is 12.0 Å². The summed E-state index contributed by atoms with van der Waals surface area (Å²) < 4.78 is 5.26. The monoisotopic (exact) mass is 221 g/mol. The predicted molar refractivity (Wildman–Crippen MR) is 65.1 cm³/mol. The molecule has 0 aliphatic heterocycles. The minimum absolute atomic E-state index is 0.425. The van der Waals surface area contributed by atoms with Gasteiger partial charge >= 0.3 is 0 Å². The van der Waals surface area contributed by atoms with Crippen LogP contribution in [-0.4, -0.2) is 26.5 Å². The zero-order valence-electron chi connectivity index (χ0n) is 10.2. The van der Waals surface area contributed by atoms with Gasteiger partial charge in [0.05, 0.1) is 13.7 Å². The molecular formula is C13H19NO2. The highest BCUT2D eigenvalue weighted by Gasteiger charge is 2.05. The van der Waals surface area contributed by atoms with Crippen LogP contribution in [0.5, 0.6) is 5.75 Å². The van der Waals surface area contributed by atoms with Crippen molar-refractivity contribution in [3.05, 3.63) is 28.8 Å². The number of hydrogen-bond acceptors (Lipinski definition) is 3. The number of aldehydes is 1. The third kappa shape index (κ3) is 3.07. The molecule has 88 valence electrons. The largest absolute Gasteiger partial charge is 0.496 e. The summed E-state index contributed by atoms with van der Waals surface area (Å²) in [5.74, 6) is 0.933. The summed E-state index contributed by atoms with van der Waals surface area (Å²) >= 11 is 0. The molecule has 0 radical (unpaired) electrons. The van der Waals surface area contributed by atoms with Gasteiger partial charge < -0.3 is 14.8 Å². The second-order valence-corrected chi connectivity index (χ2v) is 3.80. The van der Waals surface area contributed by atoms with E-state index < -0.39 is 0 Å². The lowest BCUT2D eigenvalue weighted by Gasteiger charge is -2.12. The fourth-order valence-corrected chi connectivity index (χ4v) is 1.73. The molecule has 0 bridgehead atoms. The predicted octanol–water partition coefficient (Wildman–Crippen LogP) is 1.64. The molecule has 0 aromatic heterocycles. The highest BCUT2D eigenvalue weighted by atomic mass is 16.5. The zero-order valence-corrected chi connectivity index (χ0v) is 10.2. The standard InChI is InChI=1S/C13H19NO2/c1-10-11(2)13(16-3)5-4-12(10)6-7-14-8-9-15/h4-5,9,14H,6-8H2,1-3H3. The lowest BCUT2D eigenvalue weighted by molar-refractivity contribution is -0.107. The van der Waals surface area contributed by atoms with Crippen molar-refractivity contribution >= 4 is 6.29 Å². The molecular weight excluding hydrogens is 202 g/mol. The average molecular weight is 221 g/mol. The average Bonchev–Trinajstić information content (AvgIpc) is 2.30. The molecule has 0 saturated heterocycles. The Morgan fingerprint density at radius 2 is 2.06 bits per heavy atom. The normalized spacial score (nSPS) is 10.2. The van der Waals surface area contributed by atoms with E-state index >= 15 is 0 Å². The topological polar surface area (TPSA) is 38.3 Å². The van der Waals surface area contributed by atoms with Crippen LogP contribution in [0.25, 0.3) is 0 Å². The molecule has 1 N–H and O–H groups in total. The van der Waals surface area contributed by atoms with E-state index in [1.807, 2.05) is 6.07 Å². The van der Waals surface area contributed by atoms with Gasteiger partial charge in [-0.15, -0.1) is 0 Å². The Kier molecular flexibility index (Phi) is 4.99. The molecule has 0 unspecified atom stereocenters. The van der Waals surface area contributed by atoms with Crippen LogP contribution in [0.15, 0.2) is 12.1 Å². The second-order valence-electron chi connectivity index (χ2n) is 3.80. The van der Waals surface area contributed by atoms with Crippen molar-refractivity contribution in [1.82, 2.24) is 5.32 Å². The molecule has 0 saturated carbocycles. The summed E-state index contributed by atoms with van der Waals surface area (Å²) in [6, 6.07) is 4.08. The van der Waals surface area contributed by atoms with E-state index in [-0.39, 0.29) is 0 Å². The van der Waals surface area contributed by atoms with Gasteiger partial charge in [-0.05, 0) is 49.6 Å². The molecule has 0 aliphatic carbocycles. The van der Waals surface area contributed by atoms with Gasteiger partial charge in [-0.3, -0.25) is 0 Å². The molecule has 0 atom stereocenters. The minimum atomic E-state index is 0.425. The summed E-state index contributed by atoms with van der Waals surface area (Å²) in [6.07, 6.45) is 1.82. The van der Waals surface area contributed by atoms with Crippen LogP contribution in [0.1, 0.15) is 16.7 Å². The first-order chi connectivity index (χ1) is 7.70. The summed E-state index contributed by atoms with van der Waals surface area (Å²) in [5, 5.41) is 3.06. The lowest BCUT2D eigenvalue weighted by Crippen LogP contribution is -2.19. The summed E-state index contributed by atoms with van der Waals surface area (Å²) in [6.45, 7) is 5.42. The fraction of sp³-hybridized carbons (Fsp3) is 0.462. The van der Waals surface area contributed by atoms with E-state index in [2.05, 4.69) is 25.2 Å². The van der Waals surface area contributed by atoms with E-state index in [9.17, 15) is 4.79 Å². The maximum atomic E-state index is 10.1. The number of carbonyl (C=O) groups excluding carboxylic acids is 1. The quantitative estimate of drug-likeness (QED) is 0.586. The van der Waals surface area contributed by atoms with Crippen LogP contribution < -0.4 is 10.1 Å². The Hall–Kier alpha value is -1.35. The highest BCUT2D eigenvalue weighted by Crippen LogP contribution is 2.23. The molecule has 1 aromatic carbocycles. The molecule has 1 rings (SSSR count). The van der Waals surface area contributed by atoms with Gasteiger partial charge in [0.15, 0.2) is 0 Å². The molecule has 16 heavy (non-hydrogen) atoms. The van der Waals surface area contributed by atoms with Crippen molar-refractivity contribution in [2.75, 3.05) is 20.2 Å². The molecule has 0 aliphatic rings. The van der Waals surface area contributed by atoms with Crippen LogP contribution in [0.3, 0.4) is 0 Å². The van der Waals surface area contributed by atoms with E-state index in [1.165, 1.54) is 16.7 Å². The van der Waals surface area contributed by atoms with Crippen LogP contribution in [0, 0.1) is 13.8 Å². The molecule has 0 amide bonds. The first kappa shape index (κ1) is 12.7. The van der Waals surface area contributed by atoms with Crippen LogP contribution in [0.2, 0.25) is 0 Å². The Morgan fingerprint density at radius 1 is 1.31 bits per heavy atom. The maximum absolute atomic E-state index is 10.1. The van der Waals surface area contributed by atoms with Gasteiger partial charge in [0.2, 0.25) is 0 Å². The molecule has 3 heteroatoms. The van der Waals surface area contributed by atoms with Gasteiger partial charge in [-0.1, -0.05) is 6.07 Å². The number of methoxy groups -OCH3 is 1. The summed E-state index contributed by atoms with van der Waals surface area (Å²) in [7, 11) is 1.69. The molecule has 3 nitrogen and oxygen atoms in total. The molecule has 0 fully saturated rings. The first-order valence-electron chi connectivity index (χ1n) is 5.48. The number of ether oxygens (including phenoxy) is 1. The van der Waals surface area contributed by atoms with Crippen molar-refractivity contribution < 1.29 is 9.53 Å². The van der Waals surface area contributed by atoms with Crippen molar-refractivity contribution in [2.24, 2.45) is 0 Å². The number of benzene rings is 1. The Morgan fingerprint density at radius 3 is 2.69 bits per heavy atom. The zero-order chi connectivity index (χ0) is 12.0. The number of carbonyl (C=O) groups is 1.